The number of H-pyrrole nitrogens is 1. The Hall–Kier alpha value is -2.58. The number of pyridine rings is 1. The fraction of sp³-hybridized carbons (Fsp3) is 0.524. The van der Waals surface area contributed by atoms with Gasteiger partial charge in [-0.15, -0.1) is 5.10 Å². The van der Waals surface area contributed by atoms with Gasteiger partial charge in [0.15, 0.2) is 6.04 Å². The van der Waals surface area contributed by atoms with E-state index in [-0.39, 0.29) is 11.6 Å². The average molecular weight is 398 g/mol. The maximum Gasteiger partial charge on any atom is 0.258 e. The number of hydrogen-bond donors (Lipinski definition) is 2. The van der Waals surface area contributed by atoms with Crippen LogP contribution in [0, 0.1) is 12.8 Å². The van der Waals surface area contributed by atoms with Gasteiger partial charge >= 0.3 is 0 Å². The monoisotopic (exact) mass is 397 g/mol. The van der Waals surface area contributed by atoms with E-state index in [1.54, 1.807) is 11.8 Å². The van der Waals surface area contributed by atoms with Crippen molar-refractivity contribution in [1.29, 1.82) is 0 Å². The lowest BCUT2D eigenvalue weighted by Gasteiger charge is -2.33. The molecule has 0 saturated carbocycles. The molecule has 0 radical (unpaired) electrons. The number of aromatic amines is 1. The predicted molar refractivity (Wildman–Crippen MR) is 110 cm³/mol. The number of rotatable bonds is 6. The number of fused-ring (bicyclic) bond motifs is 1. The molecule has 1 aliphatic heterocycles. The molecule has 0 spiro atoms. The summed E-state index contributed by atoms with van der Waals surface area (Å²) in [5, 5.41) is 13.5. The Labute approximate surface area is 169 Å². The van der Waals surface area contributed by atoms with Crippen LogP contribution in [-0.4, -0.2) is 52.0 Å². The van der Waals surface area contributed by atoms with Crippen LogP contribution in [0.2, 0.25) is 0 Å². The summed E-state index contributed by atoms with van der Waals surface area (Å²) in [6, 6.07) is 7.89. The third-order valence-electron chi connectivity index (χ3n) is 5.99. The molecule has 29 heavy (non-hydrogen) atoms. The molecule has 154 valence electrons. The van der Waals surface area contributed by atoms with Gasteiger partial charge in [-0.2, -0.15) is 0 Å². The molecule has 1 aromatic carbocycles. The Morgan fingerprint density at radius 3 is 2.86 bits per heavy atom. The van der Waals surface area contributed by atoms with Gasteiger partial charge in [0, 0.05) is 12.6 Å². The van der Waals surface area contributed by atoms with Gasteiger partial charge in [-0.3, -0.25) is 4.79 Å². The Morgan fingerprint density at radius 2 is 2.10 bits per heavy atom. The summed E-state index contributed by atoms with van der Waals surface area (Å²) < 4.78 is 7.00. The van der Waals surface area contributed by atoms with Crippen LogP contribution in [0.3, 0.4) is 0 Å². The van der Waals surface area contributed by atoms with E-state index in [9.17, 15) is 4.79 Å². The normalized spacial score (nSPS) is 20.8. The van der Waals surface area contributed by atoms with Crippen molar-refractivity contribution in [2.75, 3.05) is 26.8 Å². The largest absolute Gasteiger partial charge is 0.383 e. The summed E-state index contributed by atoms with van der Waals surface area (Å²) in [6.07, 6.45) is 2.27. The number of ether oxygens (including phenoxy) is 1. The molecular weight excluding hydrogens is 368 g/mol. The van der Waals surface area contributed by atoms with E-state index in [1.165, 1.54) is 4.90 Å². The number of likely N-dealkylation sites (tertiary alicyclic amines) is 1. The van der Waals surface area contributed by atoms with Gasteiger partial charge in [0.25, 0.3) is 5.56 Å². The van der Waals surface area contributed by atoms with Gasteiger partial charge < -0.3 is 14.6 Å². The predicted octanol–water partition coefficient (Wildman–Crippen LogP) is 0.874. The molecule has 0 unspecified atom stereocenters. The molecule has 4 rings (SSSR count). The van der Waals surface area contributed by atoms with Crippen molar-refractivity contribution in [1.82, 2.24) is 25.2 Å². The van der Waals surface area contributed by atoms with Crippen LogP contribution >= 0.6 is 0 Å². The van der Waals surface area contributed by atoms with Gasteiger partial charge in [0.2, 0.25) is 5.82 Å². The Morgan fingerprint density at radius 1 is 1.31 bits per heavy atom. The number of nitrogens with one attached hydrogen (secondary N) is 2. The van der Waals surface area contributed by atoms with Crippen molar-refractivity contribution >= 4 is 10.9 Å². The highest BCUT2D eigenvalue weighted by molar-refractivity contribution is 5.79. The molecular formula is C21H29N6O2+. The van der Waals surface area contributed by atoms with Crippen LogP contribution in [-0.2, 0) is 11.3 Å². The second kappa shape index (κ2) is 8.42. The number of piperidine rings is 1. The number of aromatic nitrogens is 5. The van der Waals surface area contributed by atoms with E-state index >= 15 is 0 Å². The first kappa shape index (κ1) is 19.7. The average Bonchev–Trinajstić information content (AvgIpc) is 3.17. The van der Waals surface area contributed by atoms with Crippen molar-refractivity contribution in [3.63, 3.8) is 0 Å². The first-order valence-corrected chi connectivity index (χ1v) is 10.3. The standard InChI is InChI=1S/C21H28N6O2/c1-14-6-8-26(9-7-14)19(20-23-24-25-27(20)10-11-29-3)17-13-16-12-15(2)4-5-18(16)22-21(17)28/h4-5,12-14,19H,6-11H2,1-3H3,(H,22,28)/p+1/t19-/m0/s1. The van der Waals surface area contributed by atoms with Crippen molar-refractivity contribution in [3.05, 3.63) is 51.6 Å². The maximum atomic E-state index is 13.1. The Bertz CT molecular complexity index is 1040. The molecule has 0 aliphatic carbocycles. The number of benzene rings is 1. The van der Waals surface area contributed by atoms with E-state index in [1.807, 2.05) is 18.2 Å². The van der Waals surface area contributed by atoms with E-state index in [2.05, 4.69) is 40.4 Å². The van der Waals surface area contributed by atoms with Crippen LogP contribution in [0.25, 0.3) is 10.9 Å². The molecule has 1 fully saturated rings. The smallest absolute Gasteiger partial charge is 0.258 e. The van der Waals surface area contributed by atoms with Crippen molar-refractivity contribution in [2.24, 2.45) is 5.92 Å². The third kappa shape index (κ3) is 4.09. The van der Waals surface area contributed by atoms with Gasteiger partial charge in [-0.1, -0.05) is 18.6 Å². The third-order valence-corrected chi connectivity index (χ3v) is 5.99. The summed E-state index contributed by atoms with van der Waals surface area (Å²) >= 11 is 0. The second-order valence-corrected chi connectivity index (χ2v) is 8.17. The lowest BCUT2D eigenvalue weighted by molar-refractivity contribution is -0.932. The summed E-state index contributed by atoms with van der Waals surface area (Å²) in [4.78, 5) is 17.5. The molecule has 1 saturated heterocycles. The molecule has 3 aromatic rings. The minimum absolute atomic E-state index is 0.0706. The highest BCUT2D eigenvalue weighted by Crippen LogP contribution is 2.21. The summed E-state index contributed by atoms with van der Waals surface area (Å²) in [7, 11) is 1.66. The molecule has 0 amide bonds. The molecule has 0 bridgehead atoms. The zero-order valence-corrected chi connectivity index (χ0v) is 17.3. The molecule has 3 heterocycles. The lowest BCUT2D eigenvalue weighted by Crippen LogP contribution is -3.13. The Kier molecular flexibility index (Phi) is 5.73. The van der Waals surface area contributed by atoms with Gasteiger partial charge in [0.1, 0.15) is 0 Å². The van der Waals surface area contributed by atoms with Crippen LogP contribution in [0.4, 0.5) is 0 Å². The fourth-order valence-electron chi connectivity index (χ4n) is 4.28. The van der Waals surface area contributed by atoms with Crippen LogP contribution in [0.5, 0.6) is 0 Å². The van der Waals surface area contributed by atoms with E-state index < -0.39 is 0 Å². The summed E-state index contributed by atoms with van der Waals surface area (Å²) in [6.45, 7) is 7.42. The summed E-state index contributed by atoms with van der Waals surface area (Å²) in [5.74, 6) is 1.44. The number of methoxy groups -OCH3 is 1. The molecule has 2 N–H and O–H groups in total. The quantitative estimate of drug-likeness (QED) is 0.644. The van der Waals surface area contributed by atoms with E-state index in [4.69, 9.17) is 4.74 Å². The fourth-order valence-corrected chi connectivity index (χ4v) is 4.28. The first-order chi connectivity index (χ1) is 14.1. The summed E-state index contributed by atoms with van der Waals surface area (Å²) in [5.41, 5.74) is 2.67. The van der Waals surface area contributed by atoms with E-state index in [0.29, 0.717) is 19.1 Å². The van der Waals surface area contributed by atoms with Crippen LogP contribution in [0.1, 0.15) is 42.8 Å². The minimum atomic E-state index is -0.206. The van der Waals surface area contributed by atoms with Crippen molar-refractivity contribution in [2.45, 2.75) is 39.3 Å². The topological polar surface area (TPSA) is 90.1 Å². The molecule has 1 atom stereocenters. The number of quaternary nitrogens is 1. The van der Waals surface area contributed by atoms with Crippen LogP contribution in [0.15, 0.2) is 29.1 Å². The number of tetrazole rings is 1. The van der Waals surface area contributed by atoms with E-state index in [0.717, 1.165) is 53.8 Å². The molecule has 2 aromatic heterocycles. The Balaban J connectivity index is 1.82. The van der Waals surface area contributed by atoms with Gasteiger partial charge in [-0.05, 0) is 59.7 Å². The molecule has 1 aliphatic rings. The zero-order chi connectivity index (χ0) is 20.4. The van der Waals surface area contributed by atoms with Crippen molar-refractivity contribution < 1.29 is 9.64 Å². The lowest BCUT2D eigenvalue weighted by atomic mass is 9.95. The first-order valence-electron chi connectivity index (χ1n) is 10.3. The highest BCUT2D eigenvalue weighted by Gasteiger charge is 2.35. The zero-order valence-electron chi connectivity index (χ0n) is 17.3. The van der Waals surface area contributed by atoms with Crippen molar-refractivity contribution in [3.8, 4) is 0 Å². The molecule has 8 heteroatoms. The van der Waals surface area contributed by atoms with Crippen LogP contribution < -0.4 is 10.5 Å². The number of nitrogens with zero attached hydrogens (tertiary/aromatic N) is 4. The second-order valence-electron chi connectivity index (χ2n) is 8.17. The van der Waals surface area contributed by atoms with Gasteiger partial charge in [-0.25, -0.2) is 4.68 Å². The SMILES string of the molecule is COCCn1nnnc1[C@H](c1cc2cc(C)ccc2[nH]c1=O)[NH+]1CCC(C)CC1. The number of aryl methyl sites for hydroxylation is 1. The molecule has 8 nitrogen and oxygen atoms in total. The minimum Gasteiger partial charge on any atom is -0.383 e. The number of hydrogen-bond acceptors (Lipinski definition) is 5. The van der Waals surface area contributed by atoms with Gasteiger partial charge in [0.05, 0.1) is 31.8 Å². The maximum absolute atomic E-state index is 13.1. The highest BCUT2D eigenvalue weighted by atomic mass is 16.5.